The van der Waals surface area contributed by atoms with Gasteiger partial charge in [0.2, 0.25) is 0 Å². The lowest BCUT2D eigenvalue weighted by atomic mass is 10.1. The molecule has 0 fully saturated rings. The molecule has 0 aliphatic heterocycles. The molecule has 0 bridgehead atoms. The van der Waals surface area contributed by atoms with E-state index in [9.17, 15) is 4.79 Å². The summed E-state index contributed by atoms with van der Waals surface area (Å²) < 4.78 is 3.69. The van der Waals surface area contributed by atoms with Gasteiger partial charge in [0.25, 0.3) is 5.91 Å². The van der Waals surface area contributed by atoms with E-state index in [1.807, 2.05) is 51.3 Å². The fourth-order valence-electron chi connectivity index (χ4n) is 2.43. The van der Waals surface area contributed by atoms with E-state index < -0.39 is 0 Å². The van der Waals surface area contributed by atoms with Crippen molar-refractivity contribution >= 4 is 11.7 Å². The van der Waals surface area contributed by atoms with Gasteiger partial charge in [0.1, 0.15) is 17.8 Å². The lowest BCUT2D eigenvalue weighted by Gasteiger charge is -2.18. The van der Waals surface area contributed by atoms with Gasteiger partial charge in [0, 0.05) is 12.2 Å². The molecule has 0 unspecified atom stereocenters. The topological polar surface area (TPSA) is 90.5 Å². The minimum absolute atomic E-state index is 0.183. The molecule has 0 aromatic carbocycles. The zero-order valence-electron chi connectivity index (χ0n) is 15.6. The number of nitrogens with zero attached hydrogens (tertiary/aromatic N) is 6. The average Bonchev–Trinajstić information content (AvgIpc) is 3.24. The van der Waals surface area contributed by atoms with Gasteiger partial charge in [0.05, 0.1) is 17.3 Å². The van der Waals surface area contributed by atoms with Crippen LogP contribution in [-0.2, 0) is 5.54 Å². The van der Waals surface area contributed by atoms with Gasteiger partial charge in [-0.05, 0) is 46.8 Å². The molecule has 8 heteroatoms. The highest BCUT2D eigenvalue weighted by Crippen LogP contribution is 2.20. The minimum Gasteiger partial charge on any atom is -0.310 e. The van der Waals surface area contributed by atoms with Crippen LogP contribution in [-0.4, -0.2) is 35.4 Å². The standard InChI is InChI=1S/C18H23N7O/c1-12(2)24-11-19-23-16(24)14-7-6-8-15(21-14)22-17(26)13-9-20-25(10-13)18(3,4)5/h6-12H,1-5H3,(H,21,22,26). The van der Waals surface area contributed by atoms with E-state index in [1.165, 1.54) is 0 Å². The maximum Gasteiger partial charge on any atom is 0.260 e. The molecular weight excluding hydrogens is 330 g/mol. The molecule has 3 aromatic rings. The second-order valence-electron chi connectivity index (χ2n) is 7.36. The molecule has 3 rings (SSSR count). The van der Waals surface area contributed by atoms with Crippen LogP contribution in [0.3, 0.4) is 0 Å². The van der Waals surface area contributed by atoms with E-state index in [2.05, 4.69) is 25.6 Å². The first kappa shape index (κ1) is 17.8. The molecule has 3 heterocycles. The van der Waals surface area contributed by atoms with Crippen LogP contribution in [0.15, 0.2) is 36.9 Å². The zero-order chi connectivity index (χ0) is 18.9. The first-order chi connectivity index (χ1) is 12.3. The molecule has 0 radical (unpaired) electrons. The van der Waals surface area contributed by atoms with Gasteiger partial charge in [-0.1, -0.05) is 6.07 Å². The van der Waals surface area contributed by atoms with E-state index in [0.29, 0.717) is 22.9 Å². The highest BCUT2D eigenvalue weighted by Gasteiger charge is 2.17. The van der Waals surface area contributed by atoms with Crippen molar-refractivity contribution in [3.63, 3.8) is 0 Å². The van der Waals surface area contributed by atoms with Crippen molar-refractivity contribution in [2.24, 2.45) is 0 Å². The van der Waals surface area contributed by atoms with E-state index in [0.717, 1.165) is 0 Å². The van der Waals surface area contributed by atoms with E-state index >= 15 is 0 Å². The largest absolute Gasteiger partial charge is 0.310 e. The Morgan fingerprint density at radius 3 is 2.65 bits per heavy atom. The number of anilines is 1. The number of rotatable bonds is 4. The predicted octanol–water partition coefficient (Wildman–Crippen LogP) is 3.12. The summed E-state index contributed by atoms with van der Waals surface area (Å²) in [6, 6.07) is 5.63. The molecule has 26 heavy (non-hydrogen) atoms. The van der Waals surface area contributed by atoms with Gasteiger partial charge in [-0.15, -0.1) is 10.2 Å². The molecular formula is C18H23N7O. The Balaban J connectivity index is 1.82. The average molecular weight is 353 g/mol. The number of aromatic nitrogens is 6. The maximum absolute atomic E-state index is 12.5. The van der Waals surface area contributed by atoms with Crippen LogP contribution in [0.2, 0.25) is 0 Å². The van der Waals surface area contributed by atoms with Crippen LogP contribution < -0.4 is 5.32 Å². The first-order valence-electron chi connectivity index (χ1n) is 8.49. The number of hydrogen-bond donors (Lipinski definition) is 1. The summed E-state index contributed by atoms with van der Waals surface area (Å²) in [6.07, 6.45) is 4.96. The summed E-state index contributed by atoms with van der Waals surface area (Å²) in [5, 5.41) is 15.2. The fraction of sp³-hybridized carbons (Fsp3) is 0.389. The van der Waals surface area contributed by atoms with Gasteiger partial charge in [-0.3, -0.25) is 9.48 Å². The second-order valence-corrected chi connectivity index (χ2v) is 7.36. The number of nitrogens with one attached hydrogen (secondary N) is 1. The van der Waals surface area contributed by atoms with Crippen LogP contribution in [0, 0.1) is 0 Å². The van der Waals surface area contributed by atoms with Gasteiger partial charge in [-0.2, -0.15) is 5.10 Å². The van der Waals surface area contributed by atoms with Crippen LogP contribution in [0.5, 0.6) is 0 Å². The molecule has 0 atom stereocenters. The van der Waals surface area contributed by atoms with Gasteiger partial charge >= 0.3 is 0 Å². The number of hydrogen-bond acceptors (Lipinski definition) is 5. The van der Waals surface area contributed by atoms with Crippen LogP contribution in [0.25, 0.3) is 11.5 Å². The van der Waals surface area contributed by atoms with Crippen LogP contribution in [0.1, 0.15) is 51.0 Å². The SMILES string of the molecule is CC(C)n1cnnc1-c1cccc(NC(=O)c2cnn(C(C)(C)C)c2)n1. The van der Waals surface area contributed by atoms with Crippen molar-refractivity contribution in [1.29, 1.82) is 0 Å². The molecule has 3 aromatic heterocycles. The Morgan fingerprint density at radius 2 is 2.00 bits per heavy atom. The van der Waals surface area contributed by atoms with Crippen molar-refractivity contribution in [3.05, 3.63) is 42.5 Å². The quantitative estimate of drug-likeness (QED) is 0.778. The summed E-state index contributed by atoms with van der Waals surface area (Å²) in [5.41, 5.74) is 0.953. The Labute approximate surface area is 152 Å². The Bertz CT molecular complexity index is 918. The van der Waals surface area contributed by atoms with E-state index in [4.69, 9.17) is 0 Å². The first-order valence-corrected chi connectivity index (χ1v) is 8.49. The molecule has 8 nitrogen and oxygen atoms in total. The molecule has 1 N–H and O–H groups in total. The highest BCUT2D eigenvalue weighted by molar-refractivity contribution is 6.03. The third kappa shape index (κ3) is 3.63. The number of pyridine rings is 1. The lowest BCUT2D eigenvalue weighted by Crippen LogP contribution is -2.22. The van der Waals surface area contributed by atoms with E-state index in [-0.39, 0.29) is 17.5 Å². The Morgan fingerprint density at radius 1 is 1.23 bits per heavy atom. The highest BCUT2D eigenvalue weighted by atomic mass is 16.1. The van der Waals surface area contributed by atoms with Crippen molar-refractivity contribution in [3.8, 4) is 11.5 Å². The zero-order valence-corrected chi connectivity index (χ0v) is 15.6. The molecule has 0 saturated heterocycles. The van der Waals surface area contributed by atoms with Crippen molar-refractivity contribution < 1.29 is 4.79 Å². The monoisotopic (exact) mass is 353 g/mol. The van der Waals surface area contributed by atoms with Crippen LogP contribution >= 0.6 is 0 Å². The molecule has 0 spiro atoms. The van der Waals surface area contributed by atoms with Crippen molar-refractivity contribution in [2.75, 3.05) is 5.32 Å². The maximum atomic E-state index is 12.5. The lowest BCUT2D eigenvalue weighted by molar-refractivity contribution is 0.102. The van der Waals surface area contributed by atoms with Gasteiger partial charge in [-0.25, -0.2) is 4.98 Å². The summed E-state index contributed by atoms with van der Waals surface area (Å²) in [5.74, 6) is 0.862. The Kier molecular flexibility index (Phi) is 4.58. The Hall–Kier alpha value is -3.03. The fourth-order valence-corrected chi connectivity index (χ4v) is 2.43. The molecule has 0 aliphatic carbocycles. The third-order valence-electron chi connectivity index (χ3n) is 3.88. The van der Waals surface area contributed by atoms with E-state index in [1.54, 1.807) is 29.5 Å². The predicted molar refractivity (Wildman–Crippen MR) is 98.8 cm³/mol. The molecule has 136 valence electrons. The molecule has 1 amide bonds. The van der Waals surface area contributed by atoms with Crippen molar-refractivity contribution in [2.45, 2.75) is 46.2 Å². The third-order valence-corrected chi connectivity index (χ3v) is 3.88. The summed E-state index contributed by atoms with van der Waals surface area (Å²) in [7, 11) is 0. The molecule has 0 saturated carbocycles. The second kappa shape index (κ2) is 6.70. The number of amides is 1. The summed E-state index contributed by atoms with van der Waals surface area (Å²) in [4.78, 5) is 17.0. The van der Waals surface area contributed by atoms with Crippen LogP contribution in [0.4, 0.5) is 5.82 Å². The normalized spacial score (nSPS) is 11.8. The summed E-state index contributed by atoms with van der Waals surface area (Å²) in [6.45, 7) is 10.2. The summed E-state index contributed by atoms with van der Waals surface area (Å²) >= 11 is 0. The van der Waals surface area contributed by atoms with Crippen molar-refractivity contribution in [1.82, 2.24) is 29.5 Å². The smallest absolute Gasteiger partial charge is 0.260 e. The minimum atomic E-state index is -0.254. The number of carbonyl (C=O) groups excluding carboxylic acids is 1. The number of carbonyl (C=O) groups is 1. The van der Waals surface area contributed by atoms with Gasteiger partial charge < -0.3 is 9.88 Å². The van der Waals surface area contributed by atoms with Gasteiger partial charge in [0.15, 0.2) is 5.82 Å². The molecule has 0 aliphatic rings.